The van der Waals surface area contributed by atoms with Crippen molar-refractivity contribution in [2.24, 2.45) is 0 Å². The summed E-state index contributed by atoms with van der Waals surface area (Å²) in [6.07, 6.45) is 15.1. The topological polar surface area (TPSA) is 115 Å². The summed E-state index contributed by atoms with van der Waals surface area (Å²) in [5.74, 6) is -3.87. The summed E-state index contributed by atoms with van der Waals surface area (Å²) < 4.78 is -0.529. The molecule has 2 N–H and O–H groups in total. The molecule has 0 atom stereocenters. The molecule has 0 aliphatic heterocycles. The number of rotatable bonds is 18. The van der Waals surface area contributed by atoms with Gasteiger partial charge in [-0.05, 0) is 19.3 Å². The Hall–Kier alpha value is -1.89. The first kappa shape index (κ1) is 25.1. The molecule has 27 heavy (non-hydrogen) atoms. The Bertz CT molecular complexity index is 434. The number of carbonyl (C=O) groups excluding carboxylic acids is 1. The predicted octanol–water partition coefficient (Wildman–Crippen LogP) is 2.20. The van der Waals surface area contributed by atoms with Gasteiger partial charge in [0.1, 0.15) is 6.54 Å². The molecule has 0 amide bonds. The van der Waals surface area contributed by atoms with Crippen molar-refractivity contribution in [3.8, 4) is 0 Å². The second-order valence-electron chi connectivity index (χ2n) is 7.22. The highest BCUT2D eigenvalue weighted by Gasteiger charge is 2.33. The summed E-state index contributed by atoms with van der Waals surface area (Å²) in [6, 6.07) is 0. The third kappa shape index (κ3) is 14.9. The molecule has 0 aromatic carbocycles. The van der Waals surface area contributed by atoms with E-state index in [2.05, 4.69) is 13.0 Å². The largest absolute Gasteiger partial charge is 0.544 e. The Morgan fingerprint density at radius 2 is 1.26 bits per heavy atom. The van der Waals surface area contributed by atoms with Crippen molar-refractivity contribution in [1.29, 1.82) is 0 Å². The van der Waals surface area contributed by atoms with Crippen LogP contribution < -0.4 is 5.11 Å². The zero-order valence-electron chi connectivity index (χ0n) is 16.5. The average molecular weight is 386 g/mol. The van der Waals surface area contributed by atoms with Crippen molar-refractivity contribution in [3.05, 3.63) is 12.2 Å². The third-order valence-electron chi connectivity index (χ3n) is 4.55. The zero-order valence-corrected chi connectivity index (χ0v) is 16.5. The van der Waals surface area contributed by atoms with Crippen molar-refractivity contribution in [1.82, 2.24) is 0 Å². The highest BCUT2D eigenvalue weighted by molar-refractivity contribution is 5.72. The van der Waals surface area contributed by atoms with Crippen LogP contribution in [0, 0.1) is 0 Å². The minimum absolute atomic E-state index is 0.175. The first-order chi connectivity index (χ1) is 12.8. The highest BCUT2D eigenvalue weighted by Crippen LogP contribution is 2.11. The summed E-state index contributed by atoms with van der Waals surface area (Å²) in [7, 11) is 0. The minimum Gasteiger partial charge on any atom is -0.544 e. The lowest BCUT2D eigenvalue weighted by Gasteiger charge is -2.36. The summed E-state index contributed by atoms with van der Waals surface area (Å²) in [5.41, 5.74) is 0. The van der Waals surface area contributed by atoms with E-state index < -0.39 is 42.0 Å². The number of nitrogens with zero attached hydrogens (tertiary/aromatic N) is 1. The molecule has 0 saturated carbocycles. The average Bonchev–Trinajstić information content (AvgIpc) is 2.53. The van der Waals surface area contributed by atoms with E-state index in [1.807, 2.05) is 6.08 Å². The predicted molar refractivity (Wildman–Crippen MR) is 101 cm³/mol. The van der Waals surface area contributed by atoms with E-state index >= 15 is 0 Å². The molecule has 0 radical (unpaired) electrons. The lowest BCUT2D eigenvalue weighted by atomic mass is 10.1. The lowest BCUT2D eigenvalue weighted by Crippen LogP contribution is -2.59. The molecule has 0 saturated heterocycles. The van der Waals surface area contributed by atoms with E-state index in [4.69, 9.17) is 10.2 Å². The summed E-state index contributed by atoms with van der Waals surface area (Å²) >= 11 is 0. The van der Waals surface area contributed by atoms with E-state index in [0.29, 0.717) is 12.8 Å². The standard InChI is InChI=1S/C20H35NO6/c1-2-3-4-5-6-7-8-9-10-11-12-13-14-21(15-18(22)23,16-19(24)25)17-20(26)27/h10-11H,2-9,12-17H2,1H3,(H2-,22,23,24,25,26,27)/b11-10+. The number of unbranched alkanes of at least 4 members (excludes halogenated alkanes) is 8. The van der Waals surface area contributed by atoms with Crippen LogP contribution in [0.3, 0.4) is 0 Å². The van der Waals surface area contributed by atoms with Crippen LogP contribution in [0.4, 0.5) is 0 Å². The molecule has 0 aromatic rings. The van der Waals surface area contributed by atoms with Gasteiger partial charge in [0.25, 0.3) is 0 Å². The van der Waals surface area contributed by atoms with Crippen LogP contribution in [0.15, 0.2) is 12.2 Å². The van der Waals surface area contributed by atoms with Crippen molar-refractivity contribution >= 4 is 17.9 Å². The minimum atomic E-state index is -1.44. The van der Waals surface area contributed by atoms with E-state index in [9.17, 15) is 19.5 Å². The molecule has 156 valence electrons. The molecule has 0 heterocycles. The monoisotopic (exact) mass is 385 g/mol. The maximum absolute atomic E-state index is 11.1. The van der Waals surface area contributed by atoms with Gasteiger partial charge in [-0.1, -0.05) is 57.6 Å². The molecule has 7 heteroatoms. The number of carbonyl (C=O) groups is 3. The Labute approximate surface area is 162 Å². The molecule has 0 aliphatic carbocycles. The van der Waals surface area contributed by atoms with Crippen molar-refractivity contribution in [2.75, 3.05) is 26.2 Å². The van der Waals surface area contributed by atoms with Crippen LogP contribution in [0.25, 0.3) is 0 Å². The maximum Gasteiger partial charge on any atom is 0.359 e. The molecular weight excluding hydrogens is 350 g/mol. The second-order valence-corrected chi connectivity index (χ2v) is 7.22. The molecular formula is C20H35NO6. The van der Waals surface area contributed by atoms with E-state index in [1.165, 1.54) is 38.5 Å². The number of hydrogen-bond acceptors (Lipinski definition) is 4. The van der Waals surface area contributed by atoms with Gasteiger partial charge in [-0.3, -0.25) is 0 Å². The molecule has 0 rings (SSSR count). The molecule has 0 aromatic heterocycles. The normalized spacial score (nSPS) is 11.7. The third-order valence-corrected chi connectivity index (χ3v) is 4.55. The van der Waals surface area contributed by atoms with Gasteiger partial charge in [0.2, 0.25) is 0 Å². The van der Waals surface area contributed by atoms with E-state index in [1.54, 1.807) is 0 Å². The molecule has 7 nitrogen and oxygen atoms in total. The molecule has 0 aliphatic rings. The van der Waals surface area contributed by atoms with Crippen molar-refractivity contribution < 1.29 is 34.2 Å². The van der Waals surface area contributed by atoms with Crippen LogP contribution in [-0.4, -0.2) is 58.8 Å². The zero-order chi connectivity index (χ0) is 20.5. The first-order valence-corrected chi connectivity index (χ1v) is 9.95. The Morgan fingerprint density at radius 3 is 1.74 bits per heavy atom. The lowest BCUT2D eigenvalue weighted by molar-refractivity contribution is -0.909. The fraction of sp³-hybridized carbons (Fsp3) is 0.750. The van der Waals surface area contributed by atoms with Gasteiger partial charge in [-0.2, -0.15) is 0 Å². The van der Waals surface area contributed by atoms with Gasteiger partial charge >= 0.3 is 11.9 Å². The van der Waals surface area contributed by atoms with Gasteiger partial charge < -0.3 is 24.6 Å². The number of hydrogen-bond donors (Lipinski definition) is 2. The van der Waals surface area contributed by atoms with Crippen LogP contribution in [-0.2, 0) is 14.4 Å². The number of quaternary nitrogens is 1. The summed E-state index contributed by atoms with van der Waals surface area (Å²) in [5, 5.41) is 29.0. The molecule has 0 unspecified atom stereocenters. The van der Waals surface area contributed by atoms with Crippen LogP contribution >= 0.6 is 0 Å². The van der Waals surface area contributed by atoms with Crippen LogP contribution in [0.5, 0.6) is 0 Å². The van der Waals surface area contributed by atoms with Gasteiger partial charge in [0.15, 0.2) is 13.1 Å². The maximum atomic E-state index is 11.1. The van der Waals surface area contributed by atoms with Gasteiger partial charge in [-0.25, -0.2) is 9.59 Å². The smallest absolute Gasteiger partial charge is 0.359 e. The summed E-state index contributed by atoms with van der Waals surface area (Å²) in [4.78, 5) is 33.1. The van der Waals surface area contributed by atoms with Gasteiger partial charge in [-0.15, -0.1) is 0 Å². The van der Waals surface area contributed by atoms with E-state index in [0.717, 1.165) is 12.8 Å². The number of carboxylic acid groups (broad SMARTS) is 3. The molecule has 0 bridgehead atoms. The first-order valence-electron chi connectivity index (χ1n) is 9.95. The Balaban J connectivity index is 4.22. The fourth-order valence-corrected chi connectivity index (χ4v) is 3.25. The van der Waals surface area contributed by atoms with E-state index in [-0.39, 0.29) is 6.54 Å². The number of carboxylic acids is 3. The van der Waals surface area contributed by atoms with Crippen LogP contribution in [0.2, 0.25) is 0 Å². The van der Waals surface area contributed by atoms with Crippen molar-refractivity contribution in [3.63, 3.8) is 0 Å². The molecule has 0 spiro atoms. The number of aliphatic carboxylic acids is 3. The van der Waals surface area contributed by atoms with Gasteiger partial charge in [0.05, 0.1) is 12.5 Å². The summed E-state index contributed by atoms with van der Waals surface area (Å²) in [6.45, 7) is 0.689. The Morgan fingerprint density at radius 1 is 0.778 bits per heavy atom. The quantitative estimate of drug-likeness (QED) is 0.212. The highest BCUT2D eigenvalue weighted by atomic mass is 16.4. The Kier molecular flexibility index (Phi) is 14.1. The second kappa shape index (κ2) is 15.2. The molecule has 0 fully saturated rings. The number of allylic oxidation sites excluding steroid dienone is 2. The van der Waals surface area contributed by atoms with Gasteiger partial charge in [0, 0.05) is 6.42 Å². The fourth-order valence-electron chi connectivity index (χ4n) is 3.25. The SMILES string of the molecule is CCCCCCCCC/C=C/CCC[N+](CC(=O)[O-])(CC(=O)O)CC(=O)O. The van der Waals surface area contributed by atoms with Crippen LogP contribution in [0.1, 0.15) is 71.1 Å². The van der Waals surface area contributed by atoms with Crippen molar-refractivity contribution in [2.45, 2.75) is 71.1 Å².